The molecule has 0 unspecified atom stereocenters. The Balaban J connectivity index is 1.49. The third-order valence-corrected chi connectivity index (χ3v) is 5.16. The van der Waals surface area contributed by atoms with Crippen LogP contribution in [0.3, 0.4) is 0 Å². The Hall–Kier alpha value is -4.20. The van der Waals surface area contributed by atoms with Crippen LogP contribution in [0.4, 0.5) is 4.39 Å². The van der Waals surface area contributed by atoms with Crippen LogP contribution in [0.15, 0.2) is 67.1 Å². The van der Waals surface area contributed by atoms with Crippen LogP contribution in [0.1, 0.15) is 21.5 Å². The number of hydrogen-bond acceptors (Lipinski definition) is 5. The SMILES string of the molecule is COc1cc(CNC(=O)c2cccc(Oc3ccnc(-c4cnn(C)c4)c3)c2C)ccc1F. The molecule has 0 saturated carbocycles. The van der Waals surface area contributed by atoms with E-state index in [0.717, 1.165) is 16.8 Å². The molecular formula is C25H23FN4O3. The highest BCUT2D eigenvalue weighted by Crippen LogP contribution is 2.29. The second-order valence-corrected chi connectivity index (χ2v) is 7.46. The average Bonchev–Trinajstić information content (AvgIpc) is 3.26. The highest BCUT2D eigenvalue weighted by molar-refractivity contribution is 5.96. The smallest absolute Gasteiger partial charge is 0.251 e. The van der Waals surface area contributed by atoms with Gasteiger partial charge in [0.15, 0.2) is 11.6 Å². The summed E-state index contributed by atoms with van der Waals surface area (Å²) < 4.78 is 26.4. The van der Waals surface area contributed by atoms with Crippen LogP contribution in [0.25, 0.3) is 11.3 Å². The number of aryl methyl sites for hydroxylation is 1. The summed E-state index contributed by atoms with van der Waals surface area (Å²) in [5.41, 5.74) is 3.54. The molecule has 0 atom stereocenters. The molecule has 1 N–H and O–H groups in total. The van der Waals surface area contributed by atoms with Crippen LogP contribution in [-0.4, -0.2) is 27.8 Å². The van der Waals surface area contributed by atoms with Crippen molar-refractivity contribution >= 4 is 5.91 Å². The predicted molar refractivity (Wildman–Crippen MR) is 122 cm³/mol. The lowest BCUT2D eigenvalue weighted by atomic mass is 10.1. The Morgan fingerprint density at radius 1 is 1.15 bits per heavy atom. The summed E-state index contributed by atoms with van der Waals surface area (Å²) in [7, 11) is 3.24. The molecule has 168 valence electrons. The first-order valence-electron chi connectivity index (χ1n) is 10.3. The number of methoxy groups -OCH3 is 1. The molecule has 1 amide bonds. The van der Waals surface area contributed by atoms with Crippen molar-refractivity contribution in [3.05, 3.63) is 89.6 Å². The Morgan fingerprint density at radius 3 is 2.76 bits per heavy atom. The van der Waals surface area contributed by atoms with Crippen LogP contribution in [0, 0.1) is 12.7 Å². The maximum absolute atomic E-state index is 13.6. The average molecular weight is 446 g/mol. The lowest BCUT2D eigenvalue weighted by Gasteiger charge is -2.13. The van der Waals surface area contributed by atoms with E-state index in [2.05, 4.69) is 15.4 Å². The maximum atomic E-state index is 13.6. The predicted octanol–water partition coefficient (Wildman–Crippen LogP) is 4.66. The van der Waals surface area contributed by atoms with Gasteiger partial charge in [0, 0.05) is 48.7 Å². The number of rotatable bonds is 7. The number of carbonyl (C=O) groups is 1. The van der Waals surface area contributed by atoms with Gasteiger partial charge in [0.2, 0.25) is 0 Å². The summed E-state index contributed by atoms with van der Waals surface area (Å²) in [6, 6.07) is 13.4. The molecule has 0 bridgehead atoms. The van der Waals surface area contributed by atoms with Gasteiger partial charge in [-0.3, -0.25) is 14.5 Å². The second-order valence-electron chi connectivity index (χ2n) is 7.46. The third-order valence-electron chi connectivity index (χ3n) is 5.16. The fourth-order valence-corrected chi connectivity index (χ4v) is 3.38. The standard InChI is InChI=1S/C25H23FN4O3/c1-16-20(25(31)28-13-17-7-8-21(26)24(11-17)32-3)5-4-6-23(16)33-19-9-10-27-22(12-19)18-14-29-30(2)15-18/h4-12,14-15H,13H2,1-3H3,(H,28,31). The van der Waals surface area contributed by atoms with Gasteiger partial charge in [0.05, 0.1) is 19.0 Å². The molecule has 33 heavy (non-hydrogen) atoms. The number of pyridine rings is 1. The summed E-state index contributed by atoms with van der Waals surface area (Å²) in [4.78, 5) is 17.2. The van der Waals surface area contributed by atoms with Crippen LogP contribution in [0.5, 0.6) is 17.2 Å². The zero-order valence-corrected chi connectivity index (χ0v) is 18.5. The Morgan fingerprint density at radius 2 is 2.00 bits per heavy atom. The first-order valence-corrected chi connectivity index (χ1v) is 10.3. The van der Waals surface area contributed by atoms with Gasteiger partial charge in [-0.05, 0) is 42.8 Å². The zero-order valence-electron chi connectivity index (χ0n) is 18.5. The molecule has 4 rings (SSSR count). The fraction of sp³-hybridized carbons (Fsp3) is 0.160. The highest BCUT2D eigenvalue weighted by Gasteiger charge is 2.14. The number of nitrogens with zero attached hydrogens (tertiary/aromatic N) is 3. The van der Waals surface area contributed by atoms with Crippen molar-refractivity contribution < 1.29 is 18.7 Å². The molecule has 2 aromatic heterocycles. The van der Waals surface area contributed by atoms with Gasteiger partial charge < -0.3 is 14.8 Å². The Labute approximate surface area is 190 Å². The third kappa shape index (κ3) is 5.01. The topological polar surface area (TPSA) is 78.3 Å². The van der Waals surface area contributed by atoms with Crippen molar-refractivity contribution in [1.29, 1.82) is 0 Å². The molecule has 7 nitrogen and oxygen atoms in total. The van der Waals surface area contributed by atoms with Crippen LogP contribution >= 0.6 is 0 Å². The van der Waals surface area contributed by atoms with E-state index in [1.807, 2.05) is 26.2 Å². The highest BCUT2D eigenvalue weighted by atomic mass is 19.1. The van der Waals surface area contributed by atoms with E-state index in [-0.39, 0.29) is 18.2 Å². The second kappa shape index (κ2) is 9.52. The first kappa shape index (κ1) is 22.0. The minimum absolute atomic E-state index is 0.135. The van der Waals surface area contributed by atoms with Crippen molar-refractivity contribution in [3.8, 4) is 28.5 Å². The molecule has 0 aliphatic rings. The number of ether oxygens (including phenoxy) is 2. The number of carbonyl (C=O) groups excluding carboxylic acids is 1. The molecule has 4 aromatic rings. The maximum Gasteiger partial charge on any atom is 0.251 e. The minimum Gasteiger partial charge on any atom is -0.494 e. The van der Waals surface area contributed by atoms with Crippen LogP contribution < -0.4 is 14.8 Å². The minimum atomic E-state index is -0.448. The number of nitrogens with one attached hydrogen (secondary N) is 1. The molecule has 2 heterocycles. The number of amides is 1. The summed E-state index contributed by atoms with van der Waals surface area (Å²) in [5, 5.41) is 7.03. The van der Waals surface area contributed by atoms with E-state index in [0.29, 0.717) is 22.6 Å². The van der Waals surface area contributed by atoms with Crippen molar-refractivity contribution in [2.75, 3.05) is 7.11 Å². The monoisotopic (exact) mass is 446 g/mol. The van der Waals surface area contributed by atoms with Gasteiger partial charge in [-0.2, -0.15) is 5.10 Å². The lowest BCUT2D eigenvalue weighted by Crippen LogP contribution is -2.23. The molecular weight excluding hydrogens is 423 g/mol. The van der Waals surface area contributed by atoms with Crippen molar-refractivity contribution in [2.45, 2.75) is 13.5 Å². The van der Waals surface area contributed by atoms with E-state index in [4.69, 9.17) is 9.47 Å². The number of aromatic nitrogens is 3. The molecule has 0 saturated heterocycles. The van der Waals surface area contributed by atoms with E-state index in [9.17, 15) is 9.18 Å². The van der Waals surface area contributed by atoms with Crippen molar-refractivity contribution in [3.63, 3.8) is 0 Å². The molecule has 0 radical (unpaired) electrons. The Bertz CT molecular complexity index is 1300. The molecule has 2 aromatic carbocycles. The van der Waals surface area contributed by atoms with E-state index in [1.54, 1.807) is 53.5 Å². The molecule has 0 fully saturated rings. The summed E-state index contributed by atoms with van der Waals surface area (Å²) in [6.45, 7) is 2.06. The van der Waals surface area contributed by atoms with Gasteiger partial charge in [0.25, 0.3) is 5.91 Å². The summed E-state index contributed by atoms with van der Waals surface area (Å²) >= 11 is 0. The largest absolute Gasteiger partial charge is 0.494 e. The van der Waals surface area contributed by atoms with Gasteiger partial charge in [-0.15, -0.1) is 0 Å². The number of benzene rings is 2. The normalized spacial score (nSPS) is 10.7. The summed E-state index contributed by atoms with van der Waals surface area (Å²) in [6.07, 6.45) is 5.28. The van der Waals surface area contributed by atoms with Gasteiger partial charge >= 0.3 is 0 Å². The number of hydrogen-bond donors (Lipinski definition) is 1. The van der Waals surface area contributed by atoms with Crippen LogP contribution in [0.2, 0.25) is 0 Å². The lowest BCUT2D eigenvalue weighted by molar-refractivity contribution is 0.0950. The Kier molecular flexibility index (Phi) is 6.35. The van der Waals surface area contributed by atoms with E-state index in [1.165, 1.54) is 13.2 Å². The van der Waals surface area contributed by atoms with Crippen molar-refractivity contribution in [1.82, 2.24) is 20.1 Å². The zero-order chi connectivity index (χ0) is 23.4. The first-order chi connectivity index (χ1) is 15.9. The van der Waals surface area contributed by atoms with Crippen LogP contribution in [-0.2, 0) is 13.6 Å². The van der Waals surface area contributed by atoms with Gasteiger partial charge in [-0.1, -0.05) is 12.1 Å². The van der Waals surface area contributed by atoms with E-state index < -0.39 is 5.82 Å². The summed E-state index contributed by atoms with van der Waals surface area (Å²) in [5.74, 6) is 0.594. The number of halogens is 1. The fourth-order valence-electron chi connectivity index (χ4n) is 3.38. The quantitative estimate of drug-likeness (QED) is 0.447. The molecule has 0 aliphatic carbocycles. The van der Waals surface area contributed by atoms with Gasteiger partial charge in [-0.25, -0.2) is 4.39 Å². The van der Waals surface area contributed by atoms with Gasteiger partial charge in [0.1, 0.15) is 11.5 Å². The molecule has 0 aliphatic heterocycles. The van der Waals surface area contributed by atoms with Crippen molar-refractivity contribution in [2.24, 2.45) is 7.05 Å². The van der Waals surface area contributed by atoms with E-state index >= 15 is 0 Å². The molecule has 8 heteroatoms. The molecule has 0 spiro atoms.